The predicted molar refractivity (Wildman–Crippen MR) is 188 cm³/mol. The van der Waals surface area contributed by atoms with E-state index in [2.05, 4.69) is 138 Å². The number of fused-ring (bicyclic) bond motifs is 14. The zero-order valence-electron chi connectivity index (χ0n) is 27.0. The summed E-state index contributed by atoms with van der Waals surface area (Å²) in [7, 11) is 2.27. The molecule has 0 radical (unpaired) electrons. The van der Waals surface area contributed by atoms with Crippen LogP contribution in [-0.2, 0) is 10.8 Å². The van der Waals surface area contributed by atoms with E-state index < -0.39 is 0 Å². The van der Waals surface area contributed by atoms with Crippen LogP contribution in [0.2, 0.25) is 0 Å². The van der Waals surface area contributed by atoms with Crippen molar-refractivity contribution in [2.24, 2.45) is 0 Å². The summed E-state index contributed by atoms with van der Waals surface area (Å²) in [6.45, 7) is 4.75. The average Bonchev–Trinajstić information content (AvgIpc) is 3.62. The van der Waals surface area contributed by atoms with E-state index in [1.165, 1.54) is 33.9 Å². The topological polar surface area (TPSA) is 62.5 Å². The summed E-state index contributed by atoms with van der Waals surface area (Å²) in [5.41, 5.74) is 8.65. The first-order valence-electron chi connectivity index (χ1n) is 16.8. The smallest absolute Gasteiger partial charge is 0.178 e. The van der Waals surface area contributed by atoms with Crippen LogP contribution in [0.5, 0.6) is 0 Å². The summed E-state index contributed by atoms with van der Waals surface area (Å²) in [6.07, 6.45) is 7.31. The van der Waals surface area contributed by atoms with Gasteiger partial charge in [-0.15, -0.1) is 0 Å². The van der Waals surface area contributed by atoms with E-state index in [0.29, 0.717) is 5.56 Å². The molecule has 0 amide bonds. The fraction of sp³-hybridized carbons (Fsp3) is 0.275. The van der Waals surface area contributed by atoms with E-state index in [1.807, 2.05) is 18.5 Å². The lowest BCUT2D eigenvalue weighted by Crippen LogP contribution is -2.68. The van der Waals surface area contributed by atoms with Crippen molar-refractivity contribution in [1.82, 2.24) is 9.97 Å². The summed E-state index contributed by atoms with van der Waals surface area (Å²) in [6, 6.07) is 37.4. The van der Waals surface area contributed by atoms with E-state index >= 15 is 0 Å². The van der Waals surface area contributed by atoms with Crippen molar-refractivity contribution in [2.45, 2.75) is 62.7 Å². The molecule has 0 fully saturated rings. The maximum Gasteiger partial charge on any atom is 0.178 e. The molecule has 0 aliphatic carbocycles. The Bertz CT molecular complexity index is 2070. The Morgan fingerprint density at radius 3 is 2.11 bits per heavy atom. The molecular weight excluding hydrogens is 578 g/mol. The Kier molecular flexibility index (Phi) is 5.98. The van der Waals surface area contributed by atoms with E-state index in [-0.39, 0.29) is 23.2 Å². The number of hydrogen-bond donors (Lipinski definition) is 0. The second-order valence-electron chi connectivity index (χ2n) is 13.3. The van der Waals surface area contributed by atoms with Crippen LogP contribution in [0.15, 0.2) is 109 Å². The van der Waals surface area contributed by atoms with Crippen molar-refractivity contribution in [1.29, 1.82) is 5.26 Å². The monoisotopic (exact) mass is 615 g/mol. The molecule has 4 aromatic carbocycles. The lowest BCUT2D eigenvalue weighted by atomic mass is 9.48. The van der Waals surface area contributed by atoms with Gasteiger partial charge in [-0.3, -0.25) is 0 Å². The van der Waals surface area contributed by atoms with Crippen LogP contribution >= 0.6 is 0 Å². The number of nitrogens with zero attached hydrogens (tertiary/aromatic N) is 7. The van der Waals surface area contributed by atoms with Gasteiger partial charge in [0.05, 0.1) is 23.0 Å². The Morgan fingerprint density at radius 2 is 1.38 bits per heavy atom. The molecule has 7 heteroatoms. The molecule has 4 atom stereocenters. The molecule has 0 N–H and O–H groups in total. The molecule has 4 unspecified atom stereocenters. The van der Waals surface area contributed by atoms with E-state index in [4.69, 9.17) is 9.97 Å². The standard InChI is InChI=1S/C40H37N7/c1-4-39-22-21-35-45(28-13-7-6-8-14-28)36-37(43-24-23-42-36)47(35)31-16-10-9-15-29(31)40(39,5-2)38-44(3)33-17-11-12-18-34(33)46(38)32-20-19-27(26-41)25-30(32)39/h6-20,23-25,35,38H,4-5,21-22H2,1-3H3. The van der Waals surface area contributed by atoms with Crippen LogP contribution in [0, 0.1) is 11.3 Å². The maximum absolute atomic E-state index is 10.2. The largest absolute Gasteiger partial charge is 0.351 e. The van der Waals surface area contributed by atoms with Crippen molar-refractivity contribution >= 4 is 40.1 Å². The van der Waals surface area contributed by atoms with Crippen LogP contribution in [-0.4, -0.2) is 29.3 Å². The van der Waals surface area contributed by atoms with Crippen molar-refractivity contribution < 1.29 is 0 Å². The van der Waals surface area contributed by atoms with Gasteiger partial charge in [0.2, 0.25) is 0 Å². The Balaban J connectivity index is 1.39. The zero-order chi connectivity index (χ0) is 31.9. The molecule has 5 aromatic rings. The van der Waals surface area contributed by atoms with Crippen LogP contribution in [0.4, 0.5) is 40.1 Å². The van der Waals surface area contributed by atoms with E-state index in [1.54, 1.807) is 0 Å². The number of nitriles is 1. The Hall–Kier alpha value is -5.35. The van der Waals surface area contributed by atoms with Gasteiger partial charge in [0.1, 0.15) is 12.3 Å². The fourth-order valence-corrected chi connectivity index (χ4v) is 9.96. The molecule has 7 nitrogen and oxygen atoms in total. The number of aromatic nitrogens is 2. The van der Waals surface area contributed by atoms with Crippen molar-refractivity contribution in [2.75, 3.05) is 26.6 Å². The van der Waals surface area contributed by atoms with Gasteiger partial charge < -0.3 is 19.6 Å². The highest BCUT2D eigenvalue weighted by molar-refractivity contribution is 5.90. The highest BCUT2D eigenvalue weighted by Gasteiger charge is 2.66. The van der Waals surface area contributed by atoms with E-state index in [9.17, 15) is 5.26 Å². The van der Waals surface area contributed by atoms with Gasteiger partial charge in [0.25, 0.3) is 0 Å². The quantitative estimate of drug-likeness (QED) is 0.201. The third kappa shape index (κ3) is 3.40. The lowest BCUT2D eigenvalue weighted by molar-refractivity contribution is 0.127. The third-order valence-corrected chi connectivity index (χ3v) is 11.7. The number of likely N-dealkylation sites (N-methyl/N-ethyl adjacent to an activating group) is 1. The number of anilines is 7. The van der Waals surface area contributed by atoms with Gasteiger partial charge in [0, 0.05) is 47.3 Å². The first kappa shape index (κ1) is 27.9. The summed E-state index contributed by atoms with van der Waals surface area (Å²) < 4.78 is 0. The molecule has 0 bridgehead atoms. The average molecular weight is 616 g/mol. The van der Waals surface area contributed by atoms with E-state index in [0.717, 1.165) is 43.0 Å². The molecule has 47 heavy (non-hydrogen) atoms. The maximum atomic E-state index is 10.2. The second kappa shape index (κ2) is 10.1. The number of hydrogen-bond acceptors (Lipinski definition) is 7. The van der Waals surface area contributed by atoms with Crippen molar-refractivity contribution in [3.8, 4) is 6.07 Å². The number of benzene rings is 4. The number of rotatable bonds is 3. The van der Waals surface area contributed by atoms with Gasteiger partial charge in [-0.25, -0.2) is 9.97 Å². The minimum Gasteiger partial charge on any atom is -0.351 e. The summed E-state index contributed by atoms with van der Waals surface area (Å²) >= 11 is 0. The molecule has 1 aromatic heterocycles. The third-order valence-electron chi connectivity index (χ3n) is 11.7. The normalized spacial score (nSPS) is 24.9. The van der Waals surface area contributed by atoms with Gasteiger partial charge in [0.15, 0.2) is 11.6 Å². The minimum absolute atomic E-state index is 0.0200. The molecule has 232 valence electrons. The molecule has 0 saturated carbocycles. The van der Waals surface area contributed by atoms with Gasteiger partial charge in [-0.05, 0) is 85.3 Å². The highest BCUT2D eigenvalue weighted by atomic mass is 15.5. The first-order valence-corrected chi connectivity index (χ1v) is 16.8. The molecule has 0 spiro atoms. The fourth-order valence-electron chi connectivity index (χ4n) is 9.96. The predicted octanol–water partition coefficient (Wildman–Crippen LogP) is 8.68. The summed E-state index contributed by atoms with van der Waals surface area (Å²) in [5, 5.41) is 10.2. The molecule has 4 aliphatic heterocycles. The second-order valence-corrected chi connectivity index (χ2v) is 13.3. The molecule has 0 saturated heterocycles. The van der Waals surface area contributed by atoms with Crippen LogP contribution in [0.1, 0.15) is 56.2 Å². The Morgan fingerprint density at radius 1 is 0.723 bits per heavy atom. The van der Waals surface area contributed by atoms with Gasteiger partial charge in [-0.1, -0.05) is 62.4 Å². The first-order chi connectivity index (χ1) is 23.1. The van der Waals surface area contributed by atoms with Crippen molar-refractivity contribution in [3.05, 3.63) is 126 Å². The Labute approximate surface area is 276 Å². The molecule has 4 aliphatic rings. The molecule has 9 rings (SSSR count). The van der Waals surface area contributed by atoms with Gasteiger partial charge in [-0.2, -0.15) is 5.26 Å². The van der Waals surface area contributed by atoms with Gasteiger partial charge >= 0.3 is 0 Å². The van der Waals surface area contributed by atoms with Crippen LogP contribution in [0.25, 0.3) is 0 Å². The van der Waals surface area contributed by atoms with Crippen LogP contribution in [0.3, 0.4) is 0 Å². The lowest BCUT2D eigenvalue weighted by Gasteiger charge is -2.63. The number of para-hydroxylation sites is 4. The minimum atomic E-state index is -0.347. The molecular formula is C40H37N7. The summed E-state index contributed by atoms with van der Waals surface area (Å²) in [5.74, 6) is 1.78. The highest BCUT2D eigenvalue weighted by Crippen LogP contribution is 2.68. The van der Waals surface area contributed by atoms with Crippen molar-refractivity contribution in [3.63, 3.8) is 0 Å². The summed E-state index contributed by atoms with van der Waals surface area (Å²) in [4.78, 5) is 19.9. The molecule has 5 heterocycles. The SMILES string of the molecule is CCC12CCC3N(c4ccccc4)c4nccnc4N3c3ccccc3C1(CC)C1N(C)c3ccccc3N1c1ccc(C#N)cc12. The zero-order valence-corrected chi connectivity index (χ0v) is 27.0. The van der Waals surface area contributed by atoms with Crippen LogP contribution < -0.4 is 19.6 Å².